The van der Waals surface area contributed by atoms with Crippen molar-refractivity contribution in [3.05, 3.63) is 0 Å². The van der Waals surface area contributed by atoms with Crippen molar-refractivity contribution in [3.8, 4) is 0 Å². The summed E-state index contributed by atoms with van der Waals surface area (Å²) in [6.07, 6.45) is 5.24. The molecule has 1 amide bonds. The molecule has 0 aromatic heterocycles. The van der Waals surface area contributed by atoms with Crippen LogP contribution < -0.4 is 10.7 Å². The van der Waals surface area contributed by atoms with Crippen LogP contribution in [0.5, 0.6) is 0 Å². The number of hydrogen-bond acceptors (Lipinski definition) is 3. The van der Waals surface area contributed by atoms with E-state index in [1.165, 1.54) is 19.3 Å². The fourth-order valence-corrected chi connectivity index (χ4v) is 1.66. The van der Waals surface area contributed by atoms with Crippen LogP contribution in [0.15, 0.2) is 0 Å². The number of hydrogen-bond donors (Lipinski definition) is 2. The lowest BCUT2D eigenvalue weighted by Gasteiger charge is -2.26. The van der Waals surface area contributed by atoms with E-state index in [1.54, 1.807) is 0 Å². The third kappa shape index (κ3) is 4.58. The summed E-state index contributed by atoms with van der Waals surface area (Å²) in [7, 11) is 1.91. The van der Waals surface area contributed by atoms with Gasteiger partial charge in [-0.05, 0) is 32.9 Å². The van der Waals surface area contributed by atoms with Crippen LogP contribution in [0.3, 0.4) is 0 Å². The summed E-state index contributed by atoms with van der Waals surface area (Å²) in [5.41, 5.74) is 2.94. The molecule has 1 aliphatic heterocycles. The molecule has 0 atom stereocenters. The zero-order valence-corrected chi connectivity index (χ0v) is 9.01. The number of piperidine rings is 1. The van der Waals surface area contributed by atoms with Crippen LogP contribution >= 0.6 is 0 Å². The van der Waals surface area contributed by atoms with Gasteiger partial charge in [0.25, 0.3) is 0 Å². The molecule has 1 rings (SSSR count). The van der Waals surface area contributed by atoms with Crippen molar-refractivity contribution in [1.29, 1.82) is 0 Å². The molecule has 0 spiro atoms. The van der Waals surface area contributed by atoms with Crippen molar-refractivity contribution < 1.29 is 4.79 Å². The molecule has 1 saturated heterocycles. The molecule has 0 bridgehead atoms. The van der Waals surface area contributed by atoms with Gasteiger partial charge in [0.2, 0.25) is 5.91 Å². The summed E-state index contributed by atoms with van der Waals surface area (Å²) in [4.78, 5) is 11.4. The van der Waals surface area contributed by atoms with Crippen molar-refractivity contribution in [2.75, 3.05) is 26.7 Å². The molecule has 1 heterocycles. The fraction of sp³-hybridized carbons (Fsp3) is 0.900. The molecule has 0 saturated carbocycles. The average Bonchev–Trinajstić information content (AvgIpc) is 2.20. The van der Waals surface area contributed by atoms with Crippen LogP contribution in [0.25, 0.3) is 0 Å². The summed E-state index contributed by atoms with van der Waals surface area (Å²) < 4.78 is 0. The van der Waals surface area contributed by atoms with Gasteiger partial charge >= 0.3 is 0 Å². The molecule has 4 heteroatoms. The van der Waals surface area contributed by atoms with Crippen molar-refractivity contribution in [1.82, 2.24) is 15.8 Å². The second-order valence-corrected chi connectivity index (χ2v) is 3.79. The summed E-state index contributed by atoms with van der Waals surface area (Å²) in [5.74, 6) is 0.155. The van der Waals surface area contributed by atoms with Crippen LogP contribution in [0, 0.1) is 0 Å². The van der Waals surface area contributed by atoms with Gasteiger partial charge in [0.05, 0.1) is 0 Å². The Morgan fingerprint density at radius 1 is 1.29 bits per heavy atom. The monoisotopic (exact) mass is 199 g/mol. The Hall–Kier alpha value is -0.610. The number of hydrazine groups is 1. The quantitative estimate of drug-likeness (QED) is 0.634. The van der Waals surface area contributed by atoms with Crippen molar-refractivity contribution in [2.45, 2.75) is 32.1 Å². The van der Waals surface area contributed by atoms with E-state index in [4.69, 9.17) is 0 Å². The Kier molecular flexibility index (Phi) is 5.56. The molecule has 0 radical (unpaired) electrons. The lowest BCUT2D eigenvalue weighted by Crippen LogP contribution is -2.45. The molecule has 82 valence electrons. The van der Waals surface area contributed by atoms with Gasteiger partial charge in [-0.1, -0.05) is 6.42 Å². The highest BCUT2D eigenvalue weighted by atomic mass is 16.2. The first kappa shape index (κ1) is 11.5. The third-order valence-corrected chi connectivity index (χ3v) is 2.47. The highest BCUT2D eigenvalue weighted by Gasteiger charge is 2.11. The number of nitrogens with zero attached hydrogens (tertiary/aromatic N) is 1. The molecule has 0 aliphatic carbocycles. The van der Waals surface area contributed by atoms with E-state index in [2.05, 4.69) is 10.7 Å². The van der Waals surface area contributed by atoms with E-state index in [1.807, 2.05) is 12.1 Å². The van der Waals surface area contributed by atoms with Gasteiger partial charge in [-0.3, -0.25) is 10.2 Å². The number of carbonyl (C=O) groups excluding carboxylic acids is 1. The minimum absolute atomic E-state index is 0.155. The van der Waals surface area contributed by atoms with Gasteiger partial charge in [0.1, 0.15) is 0 Å². The average molecular weight is 199 g/mol. The smallest absolute Gasteiger partial charge is 0.234 e. The highest BCUT2D eigenvalue weighted by molar-refractivity contribution is 5.75. The molecular formula is C10H21N3O. The summed E-state index contributed by atoms with van der Waals surface area (Å²) >= 11 is 0. The predicted octanol–water partition coefficient (Wildman–Crippen LogP) is 0.503. The normalized spacial score (nSPS) is 18.1. The maximum atomic E-state index is 11.4. The van der Waals surface area contributed by atoms with Crippen LogP contribution in [-0.2, 0) is 4.79 Å². The number of rotatable bonds is 5. The Morgan fingerprint density at radius 2 is 2.00 bits per heavy atom. The molecule has 2 N–H and O–H groups in total. The number of carbonyl (C=O) groups is 1. The van der Waals surface area contributed by atoms with Gasteiger partial charge in [-0.2, -0.15) is 0 Å². The Bertz CT molecular complexity index is 167. The molecule has 14 heavy (non-hydrogen) atoms. The first-order chi connectivity index (χ1) is 6.83. The lowest BCUT2D eigenvalue weighted by atomic mass is 10.2. The second kappa shape index (κ2) is 6.79. The molecule has 1 fully saturated rings. The Balaban J connectivity index is 2.06. The molecule has 4 nitrogen and oxygen atoms in total. The SMILES string of the molecule is CNCCCC(=O)NN1CCCCC1. The van der Waals surface area contributed by atoms with E-state index in [-0.39, 0.29) is 5.91 Å². The number of nitrogens with one attached hydrogen (secondary N) is 2. The summed E-state index contributed by atoms with van der Waals surface area (Å²) in [5, 5.41) is 5.08. The van der Waals surface area contributed by atoms with Gasteiger partial charge in [0.15, 0.2) is 0 Å². The highest BCUT2D eigenvalue weighted by Crippen LogP contribution is 2.05. The lowest BCUT2D eigenvalue weighted by molar-refractivity contribution is -0.126. The van der Waals surface area contributed by atoms with E-state index in [9.17, 15) is 4.79 Å². The van der Waals surface area contributed by atoms with E-state index in [0.717, 1.165) is 26.1 Å². The fourth-order valence-electron chi connectivity index (χ4n) is 1.66. The van der Waals surface area contributed by atoms with E-state index in [0.29, 0.717) is 6.42 Å². The van der Waals surface area contributed by atoms with Crippen molar-refractivity contribution in [3.63, 3.8) is 0 Å². The zero-order chi connectivity index (χ0) is 10.2. The first-order valence-electron chi connectivity index (χ1n) is 5.52. The summed E-state index contributed by atoms with van der Waals surface area (Å²) in [6.45, 7) is 2.93. The van der Waals surface area contributed by atoms with Crippen LogP contribution in [-0.4, -0.2) is 37.6 Å². The van der Waals surface area contributed by atoms with Gasteiger partial charge in [-0.25, -0.2) is 5.01 Å². The molecule has 1 aliphatic rings. The number of amides is 1. The molecule has 0 unspecified atom stereocenters. The Labute approximate surface area is 86.0 Å². The van der Waals surface area contributed by atoms with Gasteiger partial charge in [0, 0.05) is 19.5 Å². The maximum absolute atomic E-state index is 11.4. The van der Waals surface area contributed by atoms with E-state index >= 15 is 0 Å². The first-order valence-corrected chi connectivity index (χ1v) is 5.52. The predicted molar refractivity (Wildman–Crippen MR) is 56.7 cm³/mol. The topological polar surface area (TPSA) is 44.4 Å². The minimum Gasteiger partial charge on any atom is -0.320 e. The van der Waals surface area contributed by atoms with Gasteiger partial charge in [-0.15, -0.1) is 0 Å². The zero-order valence-electron chi connectivity index (χ0n) is 9.01. The van der Waals surface area contributed by atoms with Crippen LogP contribution in [0.1, 0.15) is 32.1 Å². The van der Waals surface area contributed by atoms with Gasteiger partial charge < -0.3 is 5.32 Å². The summed E-state index contributed by atoms with van der Waals surface area (Å²) in [6, 6.07) is 0. The second-order valence-electron chi connectivity index (χ2n) is 3.79. The van der Waals surface area contributed by atoms with E-state index < -0.39 is 0 Å². The molecule has 0 aromatic rings. The van der Waals surface area contributed by atoms with Crippen LogP contribution in [0.4, 0.5) is 0 Å². The standard InChI is InChI=1S/C10H21N3O/c1-11-7-5-6-10(14)12-13-8-3-2-4-9-13/h11H,2-9H2,1H3,(H,12,14). The van der Waals surface area contributed by atoms with Crippen molar-refractivity contribution in [2.24, 2.45) is 0 Å². The largest absolute Gasteiger partial charge is 0.320 e. The minimum atomic E-state index is 0.155. The third-order valence-electron chi connectivity index (χ3n) is 2.47. The van der Waals surface area contributed by atoms with Crippen molar-refractivity contribution >= 4 is 5.91 Å². The maximum Gasteiger partial charge on any atom is 0.234 e. The molecular weight excluding hydrogens is 178 g/mol. The molecule has 0 aromatic carbocycles. The Morgan fingerprint density at radius 3 is 2.64 bits per heavy atom. The van der Waals surface area contributed by atoms with Crippen LogP contribution in [0.2, 0.25) is 0 Å².